The minimum Gasteiger partial charge on any atom is -0.490 e. The third-order valence-corrected chi connectivity index (χ3v) is 3.54. The summed E-state index contributed by atoms with van der Waals surface area (Å²) in [6.07, 6.45) is -1.09. The number of nitrogens with two attached hydrogens (primary N) is 1. The normalized spacial score (nSPS) is 13.6. The van der Waals surface area contributed by atoms with Crippen molar-refractivity contribution in [1.82, 2.24) is 0 Å². The average molecular weight is 302 g/mol. The van der Waals surface area contributed by atoms with Crippen LogP contribution in [0.25, 0.3) is 0 Å². The summed E-state index contributed by atoms with van der Waals surface area (Å²) in [6, 6.07) is 17.3. The van der Waals surface area contributed by atoms with Gasteiger partial charge in [-0.2, -0.15) is 0 Å². The lowest BCUT2D eigenvalue weighted by Gasteiger charge is -2.14. The van der Waals surface area contributed by atoms with Gasteiger partial charge in [-0.3, -0.25) is 0 Å². The molecular formula is C18H24NO3+. The number of hydrogen-bond acceptors (Lipinski definition) is 3. The van der Waals surface area contributed by atoms with Crippen molar-refractivity contribution in [3.63, 3.8) is 0 Å². The van der Waals surface area contributed by atoms with Crippen LogP contribution in [0.4, 0.5) is 0 Å². The minimum absolute atomic E-state index is 0.253. The molecule has 0 saturated heterocycles. The van der Waals surface area contributed by atoms with Crippen molar-refractivity contribution in [2.45, 2.75) is 19.1 Å². The van der Waals surface area contributed by atoms with E-state index in [1.807, 2.05) is 66.8 Å². The van der Waals surface area contributed by atoms with Crippen LogP contribution < -0.4 is 10.1 Å². The summed E-state index contributed by atoms with van der Waals surface area (Å²) in [5.74, 6) is 0.797. The van der Waals surface area contributed by atoms with E-state index in [2.05, 4.69) is 0 Å². The quantitative estimate of drug-likeness (QED) is 0.682. The molecule has 4 heteroatoms. The SMILES string of the molecule is Cc1ccccc1OC[C@H](O)C[NH2+]C[C@@H](O)c1ccccc1. The van der Waals surface area contributed by atoms with Crippen LogP contribution in [0.5, 0.6) is 5.75 Å². The molecule has 0 amide bonds. The Bertz CT molecular complexity index is 559. The van der Waals surface area contributed by atoms with Crippen molar-refractivity contribution >= 4 is 0 Å². The van der Waals surface area contributed by atoms with Crippen LogP contribution in [-0.4, -0.2) is 36.0 Å². The van der Waals surface area contributed by atoms with E-state index in [1.54, 1.807) is 0 Å². The van der Waals surface area contributed by atoms with Crippen molar-refractivity contribution in [2.75, 3.05) is 19.7 Å². The van der Waals surface area contributed by atoms with Gasteiger partial charge in [-0.1, -0.05) is 48.5 Å². The molecule has 2 atom stereocenters. The maximum absolute atomic E-state index is 10.0. The highest BCUT2D eigenvalue weighted by Gasteiger charge is 2.12. The number of aliphatic hydroxyl groups is 2. The zero-order valence-corrected chi connectivity index (χ0v) is 12.9. The minimum atomic E-state index is -0.567. The highest BCUT2D eigenvalue weighted by molar-refractivity contribution is 5.31. The van der Waals surface area contributed by atoms with Crippen LogP contribution in [0.15, 0.2) is 54.6 Å². The van der Waals surface area contributed by atoms with Crippen molar-refractivity contribution in [3.8, 4) is 5.75 Å². The molecule has 0 bridgehead atoms. The smallest absolute Gasteiger partial charge is 0.137 e. The van der Waals surface area contributed by atoms with Gasteiger partial charge in [-0.05, 0) is 24.1 Å². The summed E-state index contributed by atoms with van der Waals surface area (Å²) < 4.78 is 5.61. The Labute approximate surface area is 131 Å². The zero-order chi connectivity index (χ0) is 15.8. The van der Waals surface area contributed by atoms with Gasteiger partial charge in [-0.15, -0.1) is 0 Å². The van der Waals surface area contributed by atoms with Crippen LogP contribution in [-0.2, 0) is 0 Å². The molecule has 0 unspecified atom stereocenters. The lowest BCUT2D eigenvalue weighted by atomic mass is 10.1. The molecule has 0 saturated carbocycles. The van der Waals surface area contributed by atoms with E-state index in [4.69, 9.17) is 4.74 Å². The van der Waals surface area contributed by atoms with Crippen molar-refractivity contribution in [2.24, 2.45) is 0 Å². The summed E-state index contributed by atoms with van der Waals surface area (Å²) in [5.41, 5.74) is 1.95. The molecule has 0 aliphatic carbocycles. The molecular weight excluding hydrogens is 278 g/mol. The molecule has 0 aliphatic rings. The Morgan fingerprint density at radius 1 is 0.955 bits per heavy atom. The van der Waals surface area contributed by atoms with Crippen molar-refractivity contribution in [1.29, 1.82) is 0 Å². The average Bonchev–Trinajstić information content (AvgIpc) is 2.55. The molecule has 118 valence electrons. The fourth-order valence-corrected chi connectivity index (χ4v) is 2.23. The Hall–Kier alpha value is -1.88. The molecule has 0 aromatic heterocycles. The van der Waals surface area contributed by atoms with Gasteiger partial charge in [0.1, 0.15) is 37.7 Å². The third kappa shape index (κ3) is 5.15. The van der Waals surface area contributed by atoms with Gasteiger partial charge in [-0.25, -0.2) is 0 Å². The van der Waals surface area contributed by atoms with Crippen molar-refractivity contribution < 1.29 is 20.3 Å². The standard InChI is InChI=1S/C18H23NO3/c1-14-7-5-6-10-18(14)22-13-16(20)11-19-12-17(21)15-8-3-2-4-9-15/h2-10,16-17,19-21H,11-13H2,1H3/p+1/t16-,17-/m1/s1. The summed E-state index contributed by atoms with van der Waals surface area (Å²) in [7, 11) is 0. The van der Waals surface area contributed by atoms with Gasteiger partial charge in [0, 0.05) is 0 Å². The monoisotopic (exact) mass is 302 g/mol. The summed E-state index contributed by atoms with van der Waals surface area (Å²) in [6.45, 7) is 3.24. The molecule has 0 aliphatic heterocycles. The maximum atomic E-state index is 10.0. The first-order valence-electron chi connectivity index (χ1n) is 7.58. The van der Waals surface area contributed by atoms with Gasteiger partial charge in [0.25, 0.3) is 0 Å². The topological polar surface area (TPSA) is 66.3 Å². The number of para-hydroxylation sites is 1. The Morgan fingerprint density at radius 3 is 2.36 bits per heavy atom. The van der Waals surface area contributed by atoms with E-state index < -0.39 is 12.2 Å². The van der Waals surface area contributed by atoms with E-state index in [0.29, 0.717) is 13.1 Å². The maximum Gasteiger partial charge on any atom is 0.137 e. The first-order valence-corrected chi connectivity index (χ1v) is 7.58. The second kappa shape index (κ2) is 8.54. The summed E-state index contributed by atoms with van der Waals surface area (Å²) >= 11 is 0. The van der Waals surface area contributed by atoms with E-state index >= 15 is 0 Å². The second-order valence-electron chi connectivity index (χ2n) is 5.42. The Kier molecular flexibility index (Phi) is 6.40. The molecule has 2 aromatic carbocycles. The van der Waals surface area contributed by atoms with Crippen LogP contribution >= 0.6 is 0 Å². The number of rotatable bonds is 8. The summed E-state index contributed by atoms with van der Waals surface area (Å²) in [4.78, 5) is 0. The Balaban J connectivity index is 1.68. The lowest BCUT2D eigenvalue weighted by Crippen LogP contribution is -2.87. The lowest BCUT2D eigenvalue weighted by molar-refractivity contribution is -0.668. The molecule has 4 nitrogen and oxygen atoms in total. The van der Waals surface area contributed by atoms with Gasteiger partial charge < -0.3 is 20.3 Å². The largest absolute Gasteiger partial charge is 0.490 e. The van der Waals surface area contributed by atoms with E-state index in [9.17, 15) is 10.2 Å². The molecule has 2 aromatic rings. The van der Waals surface area contributed by atoms with Crippen LogP contribution in [0, 0.1) is 6.92 Å². The molecule has 22 heavy (non-hydrogen) atoms. The van der Waals surface area contributed by atoms with Crippen LogP contribution in [0.1, 0.15) is 17.2 Å². The number of ether oxygens (including phenoxy) is 1. The summed E-state index contributed by atoms with van der Waals surface area (Å²) in [5, 5.41) is 21.9. The fraction of sp³-hybridized carbons (Fsp3) is 0.333. The first kappa shape index (κ1) is 16.5. The molecule has 0 heterocycles. The first-order chi connectivity index (χ1) is 10.7. The zero-order valence-electron chi connectivity index (χ0n) is 12.9. The second-order valence-corrected chi connectivity index (χ2v) is 5.42. The van der Waals surface area contributed by atoms with Gasteiger partial charge in [0.2, 0.25) is 0 Å². The highest BCUT2D eigenvalue weighted by atomic mass is 16.5. The van der Waals surface area contributed by atoms with Gasteiger partial charge >= 0.3 is 0 Å². The predicted octanol–water partition coefficient (Wildman–Crippen LogP) is 1.03. The molecule has 2 rings (SSSR count). The van der Waals surface area contributed by atoms with Gasteiger partial charge in [0.15, 0.2) is 0 Å². The number of aliphatic hydroxyl groups excluding tert-OH is 2. The molecule has 0 radical (unpaired) electrons. The predicted molar refractivity (Wildman–Crippen MR) is 85.7 cm³/mol. The van der Waals surface area contributed by atoms with Crippen LogP contribution in [0.3, 0.4) is 0 Å². The number of quaternary nitrogens is 1. The van der Waals surface area contributed by atoms with E-state index in [1.165, 1.54) is 0 Å². The van der Waals surface area contributed by atoms with Crippen LogP contribution in [0.2, 0.25) is 0 Å². The fourth-order valence-electron chi connectivity index (χ4n) is 2.23. The molecule has 0 spiro atoms. The Morgan fingerprint density at radius 2 is 1.64 bits per heavy atom. The van der Waals surface area contributed by atoms with Crippen molar-refractivity contribution in [3.05, 3.63) is 65.7 Å². The third-order valence-electron chi connectivity index (χ3n) is 3.54. The van der Waals surface area contributed by atoms with E-state index in [-0.39, 0.29) is 6.61 Å². The molecule has 4 N–H and O–H groups in total. The number of hydrogen-bond donors (Lipinski definition) is 3. The highest BCUT2D eigenvalue weighted by Crippen LogP contribution is 2.16. The molecule has 0 fully saturated rings. The number of benzene rings is 2. The number of aryl methyl sites for hydroxylation is 1. The van der Waals surface area contributed by atoms with Gasteiger partial charge in [0.05, 0.1) is 0 Å². The van der Waals surface area contributed by atoms with E-state index in [0.717, 1.165) is 16.9 Å².